The van der Waals surface area contributed by atoms with E-state index >= 15 is 0 Å². The van der Waals surface area contributed by atoms with Crippen LogP contribution >= 0.6 is 7.60 Å². The van der Waals surface area contributed by atoms with E-state index in [0.29, 0.717) is 5.69 Å². The molecular weight excluding hydrogens is 297 g/mol. The van der Waals surface area contributed by atoms with E-state index in [-0.39, 0.29) is 13.0 Å². The lowest BCUT2D eigenvalue weighted by molar-refractivity contribution is -0.122. The van der Waals surface area contributed by atoms with Gasteiger partial charge in [-0.15, -0.1) is 0 Å². The molecule has 0 saturated heterocycles. The second-order valence-electron chi connectivity index (χ2n) is 4.38. The number of hydrogen-bond acceptors (Lipinski definition) is 4. The average molecular weight is 317 g/mol. The summed E-state index contributed by atoms with van der Waals surface area (Å²) < 4.78 is 21.1. The third-order valence-electron chi connectivity index (χ3n) is 2.84. The maximum atomic E-state index is 12.2. The molecule has 0 aliphatic carbocycles. The van der Waals surface area contributed by atoms with Crippen LogP contribution in [0.1, 0.15) is 6.42 Å². The van der Waals surface area contributed by atoms with Gasteiger partial charge < -0.3 is 24.2 Å². The van der Waals surface area contributed by atoms with Gasteiger partial charge in [-0.05, 0) is 12.1 Å². The SMILES string of the molecule is COC(CN(C(=O)CCP(=O)(O)O)c1ccccc1)OC. The van der Waals surface area contributed by atoms with E-state index < -0.39 is 26.0 Å². The number of carbonyl (C=O) groups excluding carboxylic acids is 1. The van der Waals surface area contributed by atoms with E-state index in [9.17, 15) is 9.36 Å². The number of anilines is 1. The minimum atomic E-state index is -4.21. The molecule has 0 fully saturated rings. The zero-order valence-corrected chi connectivity index (χ0v) is 12.9. The van der Waals surface area contributed by atoms with Crippen LogP contribution < -0.4 is 4.90 Å². The summed E-state index contributed by atoms with van der Waals surface area (Å²) in [5.74, 6) is -0.399. The summed E-state index contributed by atoms with van der Waals surface area (Å²) in [5.41, 5.74) is 0.618. The highest BCUT2D eigenvalue weighted by atomic mass is 31.2. The molecule has 0 aromatic heterocycles. The molecule has 2 N–H and O–H groups in total. The Labute approximate surface area is 123 Å². The summed E-state index contributed by atoms with van der Waals surface area (Å²) in [7, 11) is -1.30. The molecule has 0 aliphatic rings. The van der Waals surface area contributed by atoms with Gasteiger partial charge in [-0.2, -0.15) is 0 Å². The first-order valence-electron chi connectivity index (χ1n) is 6.33. The molecule has 0 unspecified atom stereocenters. The third-order valence-corrected chi connectivity index (χ3v) is 3.65. The van der Waals surface area contributed by atoms with E-state index in [1.807, 2.05) is 6.07 Å². The maximum Gasteiger partial charge on any atom is 0.326 e. The van der Waals surface area contributed by atoms with Gasteiger partial charge in [0, 0.05) is 26.3 Å². The number of hydrogen-bond donors (Lipinski definition) is 2. The molecule has 0 spiro atoms. The Hall–Kier alpha value is -1.24. The molecule has 0 heterocycles. The van der Waals surface area contributed by atoms with Crippen molar-refractivity contribution in [3.63, 3.8) is 0 Å². The van der Waals surface area contributed by atoms with Gasteiger partial charge in [-0.25, -0.2) is 0 Å². The van der Waals surface area contributed by atoms with Crippen LogP contribution in [0.5, 0.6) is 0 Å². The van der Waals surface area contributed by atoms with Gasteiger partial charge in [0.1, 0.15) is 0 Å². The summed E-state index contributed by atoms with van der Waals surface area (Å²) in [6, 6.07) is 8.82. The molecule has 7 nitrogen and oxygen atoms in total. The van der Waals surface area contributed by atoms with Crippen LogP contribution in [0.4, 0.5) is 5.69 Å². The lowest BCUT2D eigenvalue weighted by Crippen LogP contribution is -2.39. The Morgan fingerprint density at radius 2 is 1.81 bits per heavy atom. The number of benzene rings is 1. The van der Waals surface area contributed by atoms with Crippen LogP contribution in [0.25, 0.3) is 0 Å². The molecule has 1 amide bonds. The number of methoxy groups -OCH3 is 2. The van der Waals surface area contributed by atoms with E-state index in [0.717, 1.165) is 0 Å². The molecule has 0 bridgehead atoms. The second-order valence-corrected chi connectivity index (χ2v) is 6.16. The summed E-state index contributed by atoms with van der Waals surface area (Å²) in [6.45, 7) is 0.136. The monoisotopic (exact) mass is 317 g/mol. The van der Waals surface area contributed by atoms with Crippen LogP contribution in [0.15, 0.2) is 30.3 Å². The van der Waals surface area contributed by atoms with Crippen LogP contribution in [0.3, 0.4) is 0 Å². The molecule has 1 aromatic carbocycles. The minimum Gasteiger partial charge on any atom is -0.354 e. The van der Waals surface area contributed by atoms with Gasteiger partial charge in [0.05, 0.1) is 12.7 Å². The first-order chi connectivity index (χ1) is 9.87. The quantitative estimate of drug-likeness (QED) is 0.552. The standard InChI is InChI=1S/C13H20NO6P/c1-19-13(20-2)10-14(11-6-4-3-5-7-11)12(15)8-9-21(16,17)18/h3-7,13H,8-10H2,1-2H3,(H2,16,17,18). The smallest absolute Gasteiger partial charge is 0.326 e. The van der Waals surface area contributed by atoms with Gasteiger partial charge in [-0.1, -0.05) is 18.2 Å². The van der Waals surface area contributed by atoms with E-state index in [2.05, 4.69) is 0 Å². The van der Waals surface area contributed by atoms with Crippen molar-refractivity contribution >= 4 is 19.2 Å². The molecule has 0 radical (unpaired) electrons. The number of carbonyl (C=O) groups is 1. The van der Waals surface area contributed by atoms with Gasteiger partial charge in [0.2, 0.25) is 5.91 Å². The van der Waals surface area contributed by atoms with Gasteiger partial charge in [0.25, 0.3) is 0 Å². The summed E-state index contributed by atoms with van der Waals surface area (Å²) >= 11 is 0. The van der Waals surface area contributed by atoms with E-state index in [4.69, 9.17) is 19.3 Å². The van der Waals surface area contributed by atoms with Crippen molar-refractivity contribution in [1.82, 2.24) is 0 Å². The largest absolute Gasteiger partial charge is 0.354 e. The molecular formula is C13H20NO6P. The third kappa shape index (κ3) is 6.37. The Morgan fingerprint density at radius 3 is 2.29 bits per heavy atom. The predicted octanol–water partition coefficient (Wildman–Crippen LogP) is 1.21. The lowest BCUT2D eigenvalue weighted by Gasteiger charge is -2.26. The Kier molecular flexibility index (Phi) is 7.01. The predicted molar refractivity (Wildman–Crippen MR) is 78.1 cm³/mol. The Morgan fingerprint density at radius 1 is 1.24 bits per heavy atom. The first kappa shape index (κ1) is 17.8. The highest BCUT2D eigenvalue weighted by molar-refractivity contribution is 7.51. The molecule has 1 rings (SSSR count). The van der Waals surface area contributed by atoms with Crippen molar-refractivity contribution in [2.24, 2.45) is 0 Å². The highest BCUT2D eigenvalue weighted by Gasteiger charge is 2.23. The fourth-order valence-electron chi connectivity index (χ4n) is 1.73. The zero-order chi connectivity index (χ0) is 15.9. The highest BCUT2D eigenvalue weighted by Crippen LogP contribution is 2.35. The van der Waals surface area contributed by atoms with Crippen molar-refractivity contribution in [3.8, 4) is 0 Å². The second kappa shape index (κ2) is 8.26. The zero-order valence-electron chi connectivity index (χ0n) is 12.0. The van der Waals surface area contributed by atoms with Crippen molar-refractivity contribution in [1.29, 1.82) is 0 Å². The molecule has 8 heteroatoms. The maximum absolute atomic E-state index is 12.2. The number of para-hydroxylation sites is 1. The van der Waals surface area contributed by atoms with E-state index in [1.165, 1.54) is 19.1 Å². The van der Waals surface area contributed by atoms with E-state index in [1.54, 1.807) is 24.3 Å². The lowest BCUT2D eigenvalue weighted by atomic mass is 10.2. The van der Waals surface area contributed by atoms with Crippen LogP contribution in [0.2, 0.25) is 0 Å². The molecule has 0 saturated carbocycles. The molecule has 21 heavy (non-hydrogen) atoms. The molecule has 1 aromatic rings. The van der Waals surface area contributed by atoms with Gasteiger partial charge in [-0.3, -0.25) is 9.36 Å². The summed E-state index contributed by atoms with van der Waals surface area (Å²) in [6.07, 6.45) is -1.36. The first-order valence-corrected chi connectivity index (χ1v) is 8.12. The number of amides is 1. The topological polar surface area (TPSA) is 96.3 Å². The fourth-order valence-corrected chi connectivity index (χ4v) is 2.21. The molecule has 0 aliphatic heterocycles. The van der Waals surface area contributed by atoms with Crippen molar-refractivity contribution in [2.45, 2.75) is 12.7 Å². The Balaban J connectivity index is 2.86. The molecule has 118 valence electrons. The Bertz CT molecular complexity index is 485. The van der Waals surface area contributed by atoms with Crippen LogP contribution in [-0.4, -0.2) is 48.9 Å². The number of ether oxygens (including phenoxy) is 2. The van der Waals surface area contributed by atoms with Gasteiger partial charge in [0.15, 0.2) is 6.29 Å². The summed E-state index contributed by atoms with van der Waals surface area (Å²) in [5, 5.41) is 0. The van der Waals surface area contributed by atoms with Crippen LogP contribution in [0, 0.1) is 0 Å². The average Bonchev–Trinajstić information content (AvgIpc) is 2.46. The van der Waals surface area contributed by atoms with Crippen molar-refractivity contribution in [2.75, 3.05) is 31.8 Å². The number of rotatable bonds is 8. The summed E-state index contributed by atoms with van der Waals surface area (Å²) in [4.78, 5) is 31.4. The normalized spacial score (nSPS) is 11.7. The van der Waals surface area contributed by atoms with Crippen LogP contribution in [-0.2, 0) is 18.8 Å². The minimum absolute atomic E-state index is 0.136. The fraction of sp³-hybridized carbons (Fsp3) is 0.462. The van der Waals surface area contributed by atoms with Crippen molar-refractivity contribution < 1.29 is 28.6 Å². The number of nitrogens with zero attached hydrogens (tertiary/aromatic N) is 1. The van der Waals surface area contributed by atoms with Crippen molar-refractivity contribution in [3.05, 3.63) is 30.3 Å². The van der Waals surface area contributed by atoms with Gasteiger partial charge >= 0.3 is 7.60 Å². The molecule has 0 atom stereocenters.